The van der Waals surface area contributed by atoms with Crippen LogP contribution in [0.2, 0.25) is 0 Å². The number of thiophene rings is 1. The summed E-state index contributed by atoms with van der Waals surface area (Å²) in [5.41, 5.74) is -0.228. The number of hydrogen-bond acceptors (Lipinski definition) is 5. The average molecular weight is 279 g/mol. The summed E-state index contributed by atoms with van der Waals surface area (Å²) in [4.78, 5) is 0. The van der Waals surface area contributed by atoms with E-state index in [0.717, 1.165) is 17.9 Å². The van der Waals surface area contributed by atoms with Gasteiger partial charge in [-0.3, -0.25) is 0 Å². The van der Waals surface area contributed by atoms with Crippen LogP contribution in [0.5, 0.6) is 11.5 Å². The second kappa shape index (κ2) is 6.60. The molecule has 0 spiro atoms. The molecule has 102 valence electrons. The molecule has 0 radical (unpaired) electrons. The van der Waals surface area contributed by atoms with Gasteiger partial charge in [-0.25, -0.2) is 0 Å². The number of nitriles is 1. The van der Waals surface area contributed by atoms with Crippen molar-refractivity contribution in [3.63, 3.8) is 0 Å². The second-order valence-electron chi connectivity index (χ2n) is 4.63. The molecule has 1 aliphatic rings. The van der Waals surface area contributed by atoms with Gasteiger partial charge in [-0.15, -0.1) is 17.9 Å². The van der Waals surface area contributed by atoms with Crippen molar-refractivity contribution in [2.75, 3.05) is 26.4 Å². The molecular formula is C14H17NO3S. The maximum absolute atomic E-state index is 8.51. The quantitative estimate of drug-likeness (QED) is 0.593. The zero-order chi connectivity index (χ0) is 13.6. The minimum absolute atomic E-state index is 0.228. The third-order valence-electron chi connectivity index (χ3n) is 3.00. The lowest BCUT2D eigenvalue weighted by atomic mass is 9.87. The normalized spacial score (nSPS) is 16.4. The molecule has 2 rings (SSSR count). The third kappa shape index (κ3) is 3.49. The number of nitrogens with zero attached hydrogens (tertiary/aromatic N) is 1. The van der Waals surface area contributed by atoms with Gasteiger partial charge in [-0.2, -0.15) is 5.26 Å². The van der Waals surface area contributed by atoms with Crippen LogP contribution >= 0.6 is 11.3 Å². The summed E-state index contributed by atoms with van der Waals surface area (Å²) in [6.45, 7) is 5.82. The molecule has 0 N–H and O–H groups in total. The maximum atomic E-state index is 8.51. The summed E-state index contributed by atoms with van der Waals surface area (Å²) in [6, 6.07) is 2.07. The minimum atomic E-state index is -0.228. The highest BCUT2D eigenvalue weighted by atomic mass is 32.1. The summed E-state index contributed by atoms with van der Waals surface area (Å²) in [7, 11) is 0. The van der Waals surface area contributed by atoms with Crippen LogP contribution in [0.1, 0.15) is 12.8 Å². The van der Waals surface area contributed by atoms with Crippen LogP contribution in [0, 0.1) is 16.7 Å². The Balaban J connectivity index is 1.98. The van der Waals surface area contributed by atoms with Crippen molar-refractivity contribution in [3.05, 3.63) is 23.4 Å². The van der Waals surface area contributed by atoms with Crippen molar-refractivity contribution < 1.29 is 14.2 Å². The minimum Gasteiger partial charge on any atom is -0.488 e. The number of hydrogen-bond donors (Lipinski definition) is 0. The Labute approximate surface area is 117 Å². The first-order valence-electron chi connectivity index (χ1n) is 6.17. The molecule has 1 aliphatic heterocycles. The number of fused-ring (bicyclic) bond motifs is 1. The largest absolute Gasteiger partial charge is 0.488 e. The first kappa shape index (κ1) is 13.9. The van der Waals surface area contributed by atoms with E-state index < -0.39 is 0 Å². The lowest BCUT2D eigenvalue weighted by Gasteiger charge is -2.29. The molecule has 4 nitrogen and oxygen atoms in total. The molecule has 0 aliphatic carbocycles. The standard InChI is InChI=1S/C14H17NO3S/c1-2-4-14(9-16-6-3-5-15)10-17-12-7-19-8-13(12)18-11-14/h2,7-8H,1,3-4,6,9-11H2. The molecular weight excluding hydrogens is 262 g/mol. The molecule has 19 heavy (non-hydrogen) atoms. The van der Waals surface area contributed by atoms with Crippen molar-refractivity contribution >= 4 is 11.3 Å². The van der Waals surface area contributed by atoms with Crippen molar-refractivity contribution in [2.45, 2.75) is 12.8 Å². The molecule has 0 bridgehead atoms. The third-order valence-corrected chi connectivity index (χ3v) is 3.70. The van der Waals surface area contributed by atoms with Crippen LogP contribution in [-0.4, -0.2) is 26.4 Å². The molecule has 5 heteroatoms. The Hall–Kier alpha value is -1.51. The predicted molar refractivity (Wildman–Crippen MR) is 73.6 cm³/mol. The second-order valence-corrected chi connectivity index (χ2v) is 5.37. The molecule has 0 unspecified atom stereocenters. The van der Waals surface area contributed by atoms with Crippen LogP contribution in [0.15, 0.2) is 23.4 Å². The van der Waals surface area contributed by atoms with Crippen molar-refractivity contribution in [1.82, 2.24) is 0 Å². The smallest absolute Gasteiger partial charge is 0.171 e. The van der Waals surface area contributed by atoms with Crippen LogP contribution in [-0.2, 0) is 4.74 Å². The fourth-order valence-corrected chi connectivity index (χ4v) is 2.64. The Morgan fingerprint density at radius 2 is 2.11 bits per heavy atom. The van der Waals surface area contributed by atoms with Gasteiger partial charge in [-0.05, 0) is 6.42 Å². The number of allylic oxidation sites excluding steroid dienone is 1. The van der Waals surface area contributed by atoms with Gasteiger partial charge in [0.25, 0.3) is 0 Å². The van der Waals surface area contributed by atoms with Gasteiger partial charge in [0, 0.05) is 10.8 Å². The highest BCUT2D eigenvalue weighted by Crippen LogP contribution is 2.38. The first-order valence-corrected chi connectivity index (χ1v) is 7.11. The molecule has 0 fully saturated rings. The molecule has 1 aromatic heterocycles. The van der Waals surface area contributed by atoms with E-state index in [1.54, 1.807) is 11.3 Å². The van der Waals surface area contributed by atoms with Crippen LogP contribution < -0.4 is 9.47 Å². The van der Waals surface area contributed by atoms with Gasteiger partial charge in [0.1, 0.15) is 0 Å². The predicted octanol–water partition coefficient (Wildman–Crippen LogP) is 3.01. The van der Waals surface area contributed by atoms with E-state index in [2.05, 4.69) is 12.6 Å². The number of rotatable bonds is 6. The average Bonchev–Trinajstić information content (AvgIpc) is 2.80. The summed E-state index contributed by atoms with van der Waals surface area (Å²) in [6.07, 6.45) is 3.02. The van der Waals surface area contributed by atoms with E-state index in [1.165, 1.54) is 0 Å². The summed E-state index contributed by atoms with van der Waals surface area (Å²) < 4.78 is 17.2. The molecule has 2 heterocycles. The van der Waals surface area contributed by atoms with Crippen molar-refractivity contribution in [3.8, 4) is 17.6 Å². The fraction of sp³-hybridized carbons (Fsp3) is 0.500. The Morgan fingerprint density at radius 1 is 1.42 bits per heavy atom. The van der Waals surface area contributed by atoms with E-state index in [9.17, 15) is 0 Å². The van der Waals surface area contributed by atoms with E-state index >= 15 is 0 Å². The fourth-order valence-electron chi connectivity index (χ4n) is 1.96. The van der Waals surface area contributed by atoms with Gasteiger partial charge in [-0.1, -0.05) is 6.08 Å². The van der Waals surface area contributed by atoms with Crippen LogP contribution in [0.4, 0.5) is 0 Å². The Morgan fingerprint density at radius 3 is 2.68 bits per heavy atom. The topological polar surface area (TPSA) is 51.5 Å². The number of ether oxygens (including phenoxy) is 3. The zero-order valence-corrected chi connectivity index (χ0v) is 11.6. The van der Waals surface area contributed by atoms with Gasteiger partial charge in [0.15, 0.2) is 11.5 Å². The molecule has 0 aromatic carbocycles. The molecule has 0 saturated carbocycles. The summed E-state index contributed by atoms with van der Waals surface area (Å²) in [5.74, 6) is 1.60. The monoisotopic (exact) mass is 279 g/mol. The highest BCUT2D eigenvalue weighted by molar-refractivity contribution is 7.08. The van der Waals surface area contributed by atoms with Gasteiger partial charge >= 0.3 is 0 Å². The van der Waals surface area contributed by atoms with Crippen molar-refractivity contribution in [2.24, 2.45) is 5.41 Å². The summed E-state index contributed by atoms with van der Waals surface area (Å²) >= 11 is 1.57. The Kier molecular flexibility index (Phi) is 4.83. The Bertz CT molecular complexity index is 441. The van der Waals surface area contributed by atoms with E-state index in [-0.39, 0.29) is 5.41 Å². The van der Waals surface area contributed by atoms with E-state index in [4.69, 9.17) is 19.5 Å². The molecule has 0 saturated heterocycles. The lowest BCUT2D eigenvalue weighted by Crippen LogP contribution is -2.38. The molecule has 1 aromatic rings. The van der Waals surface area contributed by atoms with Crippen molar-refractivity contribution in [1.29, 1.82) is 5.26 Å². The van der Waals surface area contributed by atoms with Gasteiger partial charge in [0.2, 0.25) is 0 Å². The SMILES string of the molecule is C=CCC1(COCCC#N)COc2cscc2OC1. The lowest BCUT2D eigenvalue weighted by molar-refractivity contribution is -0.00125. The van der Waals surface area contributed by atoms with Gasteiger partial charge in [0.05, 0.1) is 44.3 Å². The highest BCUT2D eigenvalue weighted by Gasteiger charge is 2.34. The summed E-state index contributed by atoms with van der Waals surface area (Å²) in [5, 5.41) is 12.4. The zero-order valence-electron chi connectivity index (χ0n) is 10.8. The van der Waals surface area contributed by atoms with E-state index in [1.807, 2.05) is 16.8 Å². The van der Waals surface area contributed by atoms with Crippen LogP contribution in [0.25, 0.3) is 0 Å². The van der Waals surface area contributed by atoms with Gasteiger partial charge < -0.3 is 14.2 Å². The maximum Gasteiger partial charge on any atom is 0.171 e. The molecule has 0 atom stereocenters. The molecule has 0 amide bonds. The van der Waals surface area contributed by atoms with Crippen LogP contribution in [0.3, 0.4) is 0 Å². The van der Waals surface area contributed by atoms with E-state index in [0.29, 0.717) is 32.8 Å². The first-order chi connectivity index (χ1) is 9.29.